The first kappa shape index (κ1) is 20.7. The summed E-state index contributed by atoms with van der Waals surface area (Å²) < 4.78 is 0.628. The molecule has 7 heteroatoms. The lowest BCUT2D eigenvalue weighted by Crippen LogP contribution is -2.38. The summed E-state index contributed by atoms with van der Waals surface area (Å²) in [5.74, 6) is -1.97. The van der Waals surface area contributed by atoms with Crippen LogP contribution in [0.2, 0.25) is 0 Å². The second-order valence-corrected chi connectivity index (χ2v) is 7.52. The monoisotopic (exact) mass is 468 g/mol. The molecule has 3 aromatic rings. The number of aromatic carboxylic acids is 1. The lowest BCUT2D eigenvalue weighted by Gasteiger charge is -2.19. The fourth-order valence-corrected chi connectivity index (χ4v) is 3.50. The van der Waals surface area contributed by atoms with Gasteiger partial charge < -0.3 is 15.7 Å². The Hall–Kier alpha value is -3.03. The van der Waals surface area contributed by atoms with Crippen molar-refractivity contribution in [2.45, 2.75) is 5.92 Å². The van der Waals surface area contributed by atoms with Crippen molar-refractivity contribution in [3.8, 4) is 0 Å². The van der Waals surface area contributed by atoms with Crippen molar-refractivity contribution in [2.24, 2.45) is 0 Å². The number of rotatable bonds is 5. The van der Waals surface area contributed by atoms with Crippen molar-refractivity contribution < 1.29 is 14.7 Å². The second-order valence-electron chi connectivity index (χ2n) is 6.19. The number of benzene rings is 3. The molecule has 0 aliphatic rings. The van der Waals surface area contributed by atoms with E-state index < -0.39 is 11.9 Å². The number of carbonyl (C=O) groups is 2. The summed E-state index contributed by atoms with van der Waals surface area (Å²) in [7, 11) is 0. The van der Waals surface area contributed by atoms with E-state index in [4.69, 9.17) is 12.2 Å². The van der Waals surface area contributed by atoms with Gasteiger partial charge in [0.25, 0.3) is 0 Å². The van der Waals surface area contributed by atoms with E-state index in [1.807, 2.05) is 60.7 Å². The molecule has 29 heavy (non-hydrogen) atoms. The van der Waals surface area contributed by atoms with E-state index in [1.54, 1.807) is 12.1 Å². The third kappa shape index (κ3) is 5.28. The van der Waals surface area contributed by atoms with Crippen LogP contribution < -0.4 is 10.6 Å². The highest BCUT2D eigenvalue weighted by Crippen LogP contribution is 2.25. The summed E-state index contributed by atoms with van der Waals surface area (Å²) in [6, 6.07) is 23.5. The minimum atomic E-state index is -1.10. The van der Waals surface area contributed by atoms with Gasteiger partial charge in [0.05, 0.1) is 17.2 Å². The van der Waals surface area contributed by atoms with Gasteiger partial charge in [-0.25, -0.2) is 4.79 Å². The van der Waals surface area contributed by atoms with Crippen molar-refractivity contribution in [1.82, 2.24) is 5.32 Å². The SMILES string of the molecule is O=C(O)c1cc(Br)ccc1NC(=S)NC(=O)C(c1ccccc1)c1ccccc1. The molecule has 3 rings (SSSR count). The van der Waals surface area contributed by atoms with E-state index in [9.17, 15) is 14.7 Å². The molecule has 1 amide bonds. The van der Waals surface area contributed by atoms with Crippen molar-refractivity contribution in [3.05, 3.63) is 100 Å². The number of amides is 1. The molecular weight excluding hydrogens is 452 g/mol. The first-order valence-corrected chi connectivity index (χ1v) is 9.90. The molecule has 0 bridgehead atoms. The molecule has 0 saturated heterocycles. The van der Waals surface area contributed by atoms with Gasteiger partial charge in [-0.1, -0.05) is 76.6 Å². The van der Waals surface area contributed by atoms with Gasteiger partial charge in [0.15, 0.2) is 5.11 Å². The second kappa shape index (κ2) is 9.45. The molecular formula is C22H17BrN2O3S. The molecule has 0 unspecified atom stereocenters. The van der Waals surface area contributed by atoms with Crippen LogP contribution in [0.4, 0.5) is 5.69 Å². The third-order valence-electron chi connectivity index (χ3n) is 4.22. The number of thiocarbonyl (C=S) groups is 1. The Morgan fingerprint density at radius 2 is 1.45 bits per heavy atom. The zero-order valence-corrected chi connectivity index (χ0v) is 17.5. The van der Waals surface area contributed by atoms with E-state index >= 15 is 0 Å². The zero-order valence-electron chi connectivity index (χ0n) is 15.1. The molecule has 0 spiro atoms. The lowest BCUT2D eigenvalue weighted by molar-refractivity contribution is -0.120. The van der Waals surface area contributed by atoms with Crippen LogP contribution in [0.25, 0.3) is 0 Å². The first-order chi connectivity index (χ1) is 14.0. The molecule has 146 valence electrons. The van der Waals surface area contributed by atoms with Gasteiger partial charge in [-0.3, -0.25) is 4.79 Å². The molecule has 3 aromatic carbocycles. The number of halogens is 1. The highest BCUT2D eigenvalue weighted by molar-refractivity contribution is 9.10. The number of carbonyl (C=O) groups excluding carboxylic acids is 1. The molecule has 0 atom stereocenters. The van der Waals surface area contributed by atoms with Crippen LogP contribution in [0.1, 0.15) is 27.4 Å². The minimum absolute atomic E-state index is 0.0247. The Morgan fingerprint density at radius 3 is 1.97 bits per heavy atom. The molecule has 0 heterocycles. The van der Waals surface area contributed by atoms with E-state index in [0.717, 1.165) is 11.1 Å². The predicted octanol–water partition coefficient (Wildman–Crippen LogP) is 4.79. The van der Waals surface area contributed by atoms with Gasteiger partial charge in [-0.05, 0) is 41.5 Å². The van der Waals surface area contributed by atoms with Crippen LogP contribution in [-0.2, 0) is 4.79 Å². The molecule has 3 N–H and O–H groups in total. The van der Waals surface area contributed by atoms with E-state index in [2.05, 4.69) is 26.6 Å². The van der Waals surface area contributed by atoms with Gasteiger partial charge in [0, 0.05) is 4.47 Å². The number of anilines is 1. The smallest absolute Gasteiger partial charge is 0.337 e. The van der Waals surface area contributed by atoms with E-state index in [-0.39, 0.29) is 16.6 Å². The molecule has 0 aliphatic carbocycles. The Morgan fingerprint density at radius 1 is 0.897 bits per heavy atom. The van der Waals surface area contributed by atoms with Crippen LogP contribution in [-0.4, -0.2) is 22.1 Å². The van der Waals surface area contributed by atoms with Gasteiger partial charge in [-0.2, -0.15) is 0 Å². The highest BCUT2D eigenvalue weighted by atomic mass is 79.9. The fraction of sp³-hybridized carbons (Fsp3) is 0.0455. The Bertz CT molecular complexity index is 1000. The molecule has 5 nitrogen and oxygen atoms in total. The quantitative estimate of drug-likeness (QED) is 0.469. The highest BCUT2D eigenvalue weighted by Gasteiger charge is 2.23. The average molecular weight is 469 g/mol. The number of hydrogen-bond donors (Lipinski definition) is 3. The normalized spacial score (nSPS) is 10.4. The zero-order chi connectivity index (χ0) is 20.8. The summed E-state index contributed by atoms with van der Waals surface area (Å²) in [5, 5.41) is 14.9. The Kier molecular flexibility index (Phi) is 6.74. The number of carboxylic acids is 1. The van der Waals surface area contributed by atoms with Crippen LogP contribution in [0, 0.1) is 0 Å². The summed E-state index contributed by atoms with van der Waals surface area (Å²) in [4.78, 5) is 24.5. The van der Waals surface area contributed by atoms with Crippen LogP contribution in [0.15, 0.2) is 83.3 Å². The Balaban J connectivity index is 1.82. The number of hydrogen-bond acceptors (Lipinski definition) is 3. The van der Waals surface area contributed by atoms with Crippen molar-refractivity contribution in [3.63, 3.8) is 0 Å². The summed E-state index contributed by atoms with van der Waals surface area (Å²) in [5.41, 5.74) is 1.99. The molecule has 0 radical (unpaired) electrons. The molecule has 0 aliphatic heterocycles. The summed E-state index contributed by atoms with van der Waals surface area (Å²) >= 11 is 8.51. The number of carboxylic acid groups (broad SMARTS) is 1. The maximum Gasteiger partial charge on any atom is 0.337 e. The van der Waals surface area contributed by atoms with Crippen LogP contribution in [0.3, 0.4) is 0 Å². The largest absolute Gasteiger partial charge is 0.478 e. The number of nitrogens with one attached hydrogen (secondary N) is 2. The maximum absolute atomic E-state index is 13.1. The summed E-state index contributed by atoms with van der Waals surface area (Å²) in [6.07, 6.45) is 0. The van der Waals surface area contributed by atoms with Gasteiger partial charge >= 0.3 is 5.97 Å². The van der Waals surface area contributed by atoms with Crippen LogP contribution >= 0.6 is 28.1 Å². The predicted molar refractivity (Wildman–Crippen MR) is 120 cm³/mol. The van der Waals surface area contributed by atoms with Crippen molar-refractivity contribution >= 4 is 50.8 Å². The third-order valence-corrected chi connectivity index (χ3v) is 4.92. The minimum Gasteiger partial charge on any atom is -0.478 e. The standard InChI is InChI=1S/C22H17BrN2O3S/c23-16-11-12-18(17(13-16)21(27)28)24-22(29)25-20(26)19(14-7-3-1-4-8-14)15-9-5-2-6-10-15/h1-13,19H,(H,27,28)(H2,24,25,26,29). The average Bonchev–Trinajstić information content (AvgIpc) is 2.71. The van der Waals surface area contributed by atoms with Crippen molar-refractivity contribution in [2.75, 3.05) is 5.32 Å². The Labute approximate surface area is 181 Å². The van der Waals surface area contributed by atoms with E-state index in [1.165, 1.54) is 6.07 Å². The topological polar surface area (TPSA) is 78.4 Å². The molecule has 0 aromatic heterocycles. The fourth-order valence-electron chi connectivity index (χ4n) is 2.93. The van der Waals surface area contributed by atoms with E-state index in [0.29, 0.717) is 10.2 Å². The van der Waals surface area contributed by atoms with Crippen LogP contribution in [0.5, 0.6) is 0 Å². The summed E-state index contributed by atoms with van der Waals surface area (Å²) in [6.45, 7) is 0. The molecule has 0 saturated carbocycles. The lowest BCUT2D eigenvalue weighted by atomic mass is 9.90. The van der Waals surface area contributed by atoms with Crippen molar-refractivity contribution in [1.29, 1.82) is 0 Å². The maximum atomic E-state index is 13.1. The van der Waals surface area contributed by atoms with Gasteiger partial charge in [0.1, 0.15) is 0 Å². The first-order valence-electron chi connectivity index (χ1n) is 8.70. The van der Waals surface area contributed by atoms with Gasteiger partial charge in [0.2, 0.25) is 5.91 Å². The molecule has 0 fully saturated rings. The van der Waals surface area contributed by atoms with Gasteiger partial charge in [-0.15, -0.1) is 0 Å².